The Morgan fingerprint density at radius 1 is 1.29 bits per heavy atom. The van der Waals surface area contributed by atoms with E-state index in [1.165, 1.54) is 0 Å². The monoisotopic (exact) mass is 251 g/mol. The van der Waals surface area contributed by atoms with Gasteiger partial charge in [0.25, 0.3) is 6.43 Å². The van der Waals surface area contributed by atoms with E-state index in [2.05, 4.69) is 4.74 Å². The number of nitrogen functional groups attached to an aromatic ring is 1. The van der Waals surface area contributed by atoms with Crippen molar-refractivity contribution < 1.29 is 27.1 Å². The van der Waals surface area contributed by atoms with Gasteiger partial charge in [0.1, 0.15) is 5.75 Å². The molecule has 0 bridgehead atoms. The predicted molar refractivity (Wildman–Crippen MR) is 52.4 cm³/mol. The number of carbonyl (C=O) groups excluding carboxylic acids is 1. The number of benzene rings is 1. The summed E-state index contributed by atoms with van der Waals surface area (Å²) in [5.41, 5.74) is 4.26. The normalized spacial score (nSPS) is 11.0. The molecule has 0 fully saturated rings. The van der Waals surface area contributed by atoms with Gasteiger partial charge in [-0.25, -0.2) is 8.78 Å². The fourth-order valence-corrected chi connectivity index (χ4v) is 1.29. The molecule has 0 spiro atoms. The Morgan fingerprint density at radius 2 is 1.88 bits per heavy atom. The number of anilines is 1. The van der Waals surface area contributed by atoms with Gasteiger partial charge in [0.05, 0.1) is 5.56 Å². The fourth-order valence-electron chi connectivity index (χ4n) is 1.29. The molecule has 0 radical (unpaired) electrons. The molecule has 3 nitrogen and oxygen atoms in total. The highest BCUT2D eigenvalue weighted by atomic mass is 19.3. The molecule has 0 saturated carbocycles. The van der Waals surface area contributed by atoms with Crippen molar-refractivity contribution in [3.8, 4) is 5.75 Å². The van der Waals surface area contributed by atoms with Gasteiger partial charge < -0.3 is 10.5 Å². The molecule has 0 saturated heterocycles. The molecule has 94 valence electrons. The Balaban J connectivity index is 3.31. The van der Waals surface area contributed by atoms with Crippen LogP contribution >= 0.6 is 0 Å². The highest BCUT2D eigenvalue weighted by molar-refractivity contribution is 5.99. The Labute approximate surface area is 94.2 Å². The van der Waals surface area contributed by atoms with Crippen LogP contribution in [-0.2, 0) is 0 Å². The van der Waals surface area contributed by atoms with E-state index in [0.29, 0.717) is 0 Å². The molecular formula is C10H9F4NO2. The molecule has 0 heterocycles. The van der Waals surface area contributed by atoms with Crippen LogP contribution in [0.25, 0.3) is 0 Å². The van der Waals surface area contributed by atoms with E-state index < -0.39 is 30.1 Å². The lowest BCUT2D eigenvalue weighted by molar-refractivity contribution is -0.0520. The van der Waals surface area contributed by atoms with Crippen molar-refractivity contribution in [3.05, 3.63) is 23.3 Å². The van der Waals surface area contributed by atoms with Gasteiger partial charge in [-0.2, -0.15) is 8.78 Å². The maximum atomic E-state index is 12.5. The fraction of sp³-hybridized carbons (Fsp3) is 0.300. The number of nitrogens with two attached hydrogens (primary N) is 1. The number of halogens is 4. The van der Waals surface area contributed by atoms with Crippen molar-refractivity contribution in [2.45, 2.75) is 20.0 Å². The molecule has 0 aliphatic carbocycles. The van der Waals surface area contributed by atoms with Gasteiger partial charge in [-0.05, 0) is 19.1 Å². The quantitative estimate of drug-likeness (QED) is 0.508. The molecule has 0 unspecified atom stereocenters. The van der Waals surface area contributed by atoms with E-state index in [9.17, 15) is 22.4 Å². The van der Waals surface area contributed by atoms with Crippen LogP contribution < -0.4 is 10.5 Å². The Bertz CT molecular complexity index is 435. The summed E-state index contributed by atoms with van der Waals surface area (Å²) in [4.78, 5) is 11.1. The number of carbonyl (C=O) groups is 1. The highest BCUT2D eigenvalue weighted by Crippen LogP contribution is 2.34. The smallest absolute Gasteiger partial charge is 0.387 e. The standard InChI is InChI=1S/C10H9F4NO2/c1-4(16)5-3-8(17-10(13)14)6(9(11)12)2-7(5)15/h2-3,9-10H,15H2,1H3. The number of Topliss-reactive ketones (excluding diaryl/α,β-unsaturated/α-hetero) is 1. The van der Waals surface area contributed by atoms with Crippen LogP contribution in [0.3, 0.4) is 0 Å². The first-order valence-corrected chi connectivity index (χ1v) is 4.50. The number of hydrogen-bond donors (Lipinski definition) is 1. The molecule has 1 rings (SSSR count). The number of alkyl halides is 4. The summed E-state index contributed by atoms with van der Waals surface area (Å²) < 4.78 is 53.0. The molecular weight excluding hydrogens is 242 g/mol. The van der Waals surface area contributed by atoms with Crippen LogP contribution in [-0.4, -0.2) is 12.4 Å². The maximum Gasteiger partial charge on any atom is 0.387 e. The zero-order chi connectivity index (χ0) is 13.2. The summed E-state index contributed by atoms with van der Waals surface area (Å²) in [7, 11) is 0. The van der Waals surface area contributed by atoms with Gasteiger partial charge in [-0.15, -0.1) is 0 Å². The Morgan fingerprint density at radius 3 is 2.29 bits per heavy atom. The molecule has 17 heavy (non-hydrogen) atoms. The van der Waals surface area contributed by atoms with Crippen molar-refractivity contribution >= 4 is 11.5 Å². The summed E-state index contributed by atoms with van der Waals surface area (Å²) in [5, 5.41) is 0. The SMILES string of the molecule is CC(=O)c1cc(OC(F)F)c(C(F)F)cc1N. The molecule has 0 atom stereocenters. The molecule has 0 amide bonds. The Hall–Kier alpha value is -1.79. The largest absolute Gasteiger partial charge is 0.434 e. The second kappa shape index (κ2) is 5.03. The minimum atomic E-state index is -3.25. The van der Waals surface area contributed by atoms with E-state index in [0.717, 1.165) is 19.1 Å². The average molecular weight is 251 g/mol. The van der Waals surface area contributed by atoms with Crippen molar-refractivity contribution in [2.24, 2.45) is 0 Å². The zero-order valence-electron chi connectivity index (χ0n) is 8.72. The third-order valence-corrected chi connectivity index (χ3v) is 2.01. The summed E-state index contributed by atoms with van der Waals surface area (Å²) >= 11 is 0. The van der Waals surface area contributed by atoms with E-state index in [1.54, 1.807) is 0 Å². The van der Waals surface area contributed by atoms with Crippen molar-refractivity contribution in [1.29, 1.82) is 0 Å². The molecule has 7 heteroatoms. The lowest BCUT2D eigenvalue weighted by atomic mass is 10.1. The third kappa shape index (κ3) is 3.08. The van der Waals surface area contributed by atoms with E-state index in [1.807, 2.05) is 0 Å². The second-order valence-electron chi connectivity index (χ2n) is 3.21. The van der Waals surface area contributed by atoms with Crippen LogP contribution in [0.2, 0.25) is 0 Å². The number of rotatable bonds is 4. The molecule has 0 aromatic heterocycles. The Kier molecular flexibility index (Phi) is 3.93. The lowest BCUT2D eigenvalue weighted by Crippen LogP contribution is -2.08. The topological polar surface area (TPSA) is 52.3 Å². The minimum absolute atomic E-state index is 0.134. The highest BCUT2D eigenvalue weighted by Gasteiger charge is 2.20. The predicted octanol–water partition coefficient (Wildman–Crippen LogP) is 3.01. The van der Waals surface area contributed by atoms with E-state index in [4.69, 9.17) is 5.73 Å². The van der Waals surface area contributed by atoms with Gasteiger partial charge in [0.2, 0.25) is 0 Å². The minimum Gasteiger partial charge on any atom is -0.434 e. The van der Waals surface area contributed by atoms with E-state index >= 15 is 0 Å². The lowest BCUT2D eigenvalue weighted by Gasteiger charge is -2.13. The molecule has 2 N–H and O–H groups in total. The van der Waals surface area contributed by atoms with Gasteiger partial charge >= 0.3 is 6.61 Å². The van der Waals surface area contributed by atoms with Crippen molar-refractivity contribution in [2.75, 3.05) is 5.73 Å². The van der Waals surface area contributed by atoms with Crippen LogP contribution in [0.4, 0.5) is 23.2 Å². The summed E-state index contributed by atoms with van der Waals surface area (Å²) in [6.45, 7) is -2.11. The summed E-state index contributed by atoms with van der Waals surface area (Å²) in [6.07, 6.45) is -3.02. The van der Waals surface area contributed by atoms with Gasteiger partial charge in [0.15, 0.2) is 5.78 Å². The zero-order valence-corrected chi connectivity index (χ0v) is 8.72. The van der Waals surface area contributed by atoms with Gasteiger partial charge in [-0.3, -0.25) is 4.79 Å². The second-order valence-corrected chi connectivity index (χ2v) is 3.21. The summed E-state index contributed by atoms with van der Waals surface area (Å²) in [6, 6.07) is 1.56. The third-order valence-electron chi connectivity index (χ3n) is 2.01. The first kappa shape index (κ1) is 13.3. The van der Waals surface area contributed by atoms with Crippen LogP contribution in [0.1, 0.15) is 29.3 Å². The first-order valence-electron chi connectivity index (χ1n) is 4.50. The average Bonchev–Trinajstić information content (AvgIpc) is 2.18. The molecule has 0 aliphatic heterocycles. The number of ether oxygens (including phenoxy) is 1. The van der Waals surface area contributed by atoms with Crippen molar-refractivity contribution in [1.82, 2.24) is 0 Å². The summed E-state index contributed by atoms with van der Waals surface area (Å²) in [5.74, 6) is -1.27. The van der Waals surface area contributed by atoms with E-state index in [-0.39, 0.29) is 11.3 Å². The van der Waals surface area contributed by atoms with Gasteiger partial charge in [-0.1, -0.05) is 0 Å². The first-order chi connectivity index (χ1) is 7.82. The van der Waals surface area contributed by atoms with Crippen molar-refractivity contribution in [3.63, 3.8) is 0 Å². The molecule has 0 aliphatic rings. The molecule has 1 aromatic rings. The number of ketones is 1. The maximum absolute atomic E-state index is 12.5. The van der Waals surface area contributed by atoms with Crippen LogP contribution in [0.5, 0.6) is 5.75 Å². The molecule has 1 aromatic carbocycles. The van der Waals surface area contributed by atoms with Gasteiger partial charge in [0, 0.05) is 11.3 Å². The van der Waals surface area contributed by atoms with Crippen LogP contribution in [0, 0.1) is 0 Å². The number of hydrogen-bond acceptors (Lipinski definition) is 3. The van der Waals surface area contributed by atoms with Crippen LogP contribution in [0.15, 0.2) is 12.1 Å².